The molecule has 0 fully saturated rings. The molecule has 1 rings (SSSR count). The number of hydrogen-bond acceptors (Lipinski definition) is 0. The fraction of sp³-hybridized carbons (Fsp3) is 0.571. The summed E-state index contributed by atoms with van der Waals surface area (Å²) in [6, 6.07) is 0. The van der Waals surface area contributed by atoms with Crippen molar-refractivity contribution in [3.8, 4) is 0 Å². The molecule has 2 unspecified atom stereocenters. The minimum absolute atomic E-state index is 0.568. The van der Waals surface area contributed by atoms with Gasteiger partial charge >= 0.3 is 0 Å². The van der Waals surface area contributed by atoms with Crippen molar-refractivity contribution < 1.29 is 0 Å². The van der Waals surface area contributed by atoms with Crippen LogP contribution in [-0.2, 0) is 0 Å². The summed E-state index contributed by atoms with van der Waals surface area (Å²) < 4.78 is 0. The van der Waals surface area contributed by atoms with Crippen molar-refractivity contribution in [1.82, 2.24) is 0 Å². The first-order valence-corrected chi connectivity index (χ1v) is 5.56. The minimum Gasteiger partial charge on any atom is -0.0995 e. The summed E-state index contributed by atoms with van der Waals surface area (Å²) in [5.41, 5.74) is 2.77. The van der Waals surface area contributed by atoms with Gasteiger partial charge in [0.25, 0.3) is 0 Å². The van der Waals surface area contributed by atoms with Gasteiger partial charge in [-0.3, -0.25) is 0 Å². The second-order valence-electron chi connectivity index (χ2n) is 4.78. The van der Waals surface area contributed by atoms with Gasteiger partial charge in [-0.05, 0) is 30.8 Å². The van der Waals surface area contributed by atoms with Crippen LogP contribution < -0.4 is 0 Å². The lowest BCUT2D eigenvalue weighted by Gasteiger charge is -2.22. The second kappa shape index (κ2) is 4.63. The van der Waals surface area contributed by atoms with Gasteiger partial charge in [-0.15, -0.1) is 0 Å². The molecule has 0 N–H and O–H groups in total. The standard InChI is InChI=1S/C14H22/c1-10(2)12(5)14-8-6-13(7-9-14)11(3)4/h6,8-10,12-13H,3,7H2,1-2,4-5H3. The van der Waals surface area contributed by atoms with Crippen LogP contribution in [0.5, 0.6) is 0 Å². The molecule has 0 bridgehead atoms. The summed E-state index contributed by atoms with van der Waals surface area (Å²) in [7, 11) is 0. The van der Waals surface area contributed by atoms with E-state index in [1.807, 2.05) is 0 Å². The molecule has 1 aliphatic carbocycles. The molecule has 78 valence electrons. The molecular formula is C14H22. The molecule has 2 atom stereocenters. The van der Waals surface area contributed by atoms with E-state index in [0.717, 1.165) is 12.3 Å². The van der Waals surface area contributed by atoms with Gasteiger partial charge in [-0.1, -0.05) is 51.2 Å². The third-order valence-corrected chi connectivity index (χ3v) is 3.29. The molecule has 0 aromatic rings. The lowest BCUT2D eigenvalue weighted by molar-refractivity contribution is 0.483. The summed E-state index contributed by atoms with van der Waals surface area (Å²) in [5, 5.41) is 0. The summed E-state index contributed by atoms with van der Waals surface area (Å²) in [4.78, 5) is 0. The normalized spacial score (nSPS) is 23.5. The van der Waals surface area contributed by atoms with Crippen molar-refractivity contribution in [2.24, 2.45) is 17.8 Å². The zero-order valence-corrected chi connectivity index (χ0v) is 9.88. The predicted molar refractivity (Wildman–Crippen MR) is 64.1 cm³/mol. The molecule has 0 spiro atoms. The number of allylic oxidation sites excluding steroid dienone is 5. The topological polar surface area (TPSA) is 0 Å². The lowest BCUT2D eigenvalue weighted by atomic mass is 9.83. The van der Waals surface area contributed by atoms with E-state index in [9.17, 15) is 0 Å². The number of hydrogen-bond donors (Lipinski definition) is 0. The van der Waals surface area contributed by atoms with E-state index in [1.165, 1.54) is 11.1 Å². The fourth-order valence-electron chi connectivity index (χ4n) is 1.72. The maximum Gasteiger partial charge on any atom is 0.000921 e. The quantitative estimate of drug-likeness (QED) is 0.580. The minimum atomic E-state index is 0.568. The lowest BCUT2D eigenvalue weighted by Crippen LogP contribution is -2.10. The monoisotopic (exact) mass is 190 g/mol. The van der Waals surface area contributed by atoms with Crippen LogP contribution >= 0.6 is 0 Å². The molecule has 0 radical (unpaired) electrons. The van der Waals surface area contributed by atoms with E-state index in [0.29, 0.717) is 11.8 Å². The fourth-order valence-corrected chi connectivity index (χ4v) is 1.72. The predicted octanol–water partition coefficient (Wildman–Crippen LogP) is 4.36. The van der Waals surface area contributed by atoms with Gasteiger partial charge in [-0.25, -0.2) is 0 Å². The average Bonchev–Trinajstić information content (AvgIpc) is 2.16. The average molecular weight is 190 g/mol. The van der Waals surface area contributed by atoms with Gasteiger partial charge in [0.15, 0.2) is 0 Å². The van der Waals surface area contributed by atoms with E-state index in [-0.39, 0.29) is 0 Å². The van der Waals surface area contributed by atoms with Crippen molar-refractivity contribution in [2.75, 3.05) is 0 Å². The molecule has 0 saturated carbocycles. The number of rotatable bonds is 3. The van der Waals surface area contributed by atoms with Crippen LogP contribution in [0.3, 0.4) is 0 Å². The first-order chi connectivity index (χ1) is 6.52. The van der Waals surface area contributed by atoms with Crippen LogP contribution in [0.1, 0.15) is 34.1 Å². The Labute approximate surface area is 88.4 Å². The molecule has 0 heteroatoms. The van der Waals surface area contributed by atoms with Gasteiger partial charge in [0.2, 0.25) is 0 Å². The van der Waals surface area contributed by atoms with Crippen LogP contribution in [0.25, 0.3) is 0 Å². The summed E-state index contributed by atoms with van der Waals surface area (Å²) in [6.45, 7) is 13.0. The Morgan fingerprint density at radius 3 is 2.43 bits per heavy atom. The van der Waals surface area contributed by atoms with Gasteiger partial charge in [0, 0.05) is 5.92 Å². The van der Waals surface area contributed by atoms with Crippen molar-refractivity contribution in [2.45, 2.75) is 34.1 Å². The first-order valence-electron chi connectivity index (χ1n) is 5.56. The summed E-state index contributed by atoms with van der Waals surface area (Å²) in [5.74, 6) is 1.97. The Balaban J connectivity index is 2.63. The van der Waals surface area contributed by atoms with Gasteiger partial charge in [0.05, 0.1) is 0 Å². The van der Waals surface area contributed by atoms with E-state index in [4.69, 9.17) is 0 Å². The van der Waals surface area contributed by atoms with E-state index in [2.05, 4.69) is 52.5 Å². The van der Waals surface area contributed by atoms with E-state index in [1.54, 1.807) is 0 Å². The van der Waals surface area contributed by atoms with Crippen molar-refractivity contribution >= 4 is 0 Å². The van der Waals surface area contributed by atoms with E-state index >= 15 is 0 Å². The van der Waals surface area contributed by atoms with Gasteiger partial charge in [0.1, 0.15) is 0 Å². The molecule has 14 heavy (non-hydrogen) atoms. The molecule has 0 amide bonds. The Kier molecular flexibility index (Phi) is 3.74. The molecule has 1 aliphatic rings. The van der Waals surface area contributed by atoms with Gasteiger partial charge in [-0.2, -0.15) is 0 Å². The molecular weight excluding hydrogens is 168 g/mol. The van der Waals surface area contributed by atoms with Crippen molar-refractivity contribution in [1.29, 1.82) is 0 Å². The van der Waals surface area contributed by atoms with Crippen LogP contribution in [0.4, 0.5) is 0 Å². The Morgan fingerprint density at radius 1 is 1.43 bits per heavy atom. The highest BCUT2D eigenvalue weighted by Gasteiger charge is 2.15. The molecule has 0 saturated heterocycles. The molecule has 0 aliphatic heterocycles. The zero-order valence-electron chi connectivity index (χ0n) is 9.88. The highest BCUT2D eigenvalue weighted by molar-refractivity contribution is 5.29. The highest BCUT2D eigenvalue weighted by atomic mass is 14.2. The maximum absolute atomic E-state index is 4.00. The van der Waals surface area contributed by atoms with E-state index < -0.39 is 0 Å². The van der Waals surface area contributed by atoms with Gasteiger partial charge < -0.3 is 0 Å². The van der Waals surface area contributed by atoms with Crippen molar-refractivity contribution in [3.05, 3.63) is 36.0 Å². The van der Waals surface area contributed by atoms with Crippen molar-refractivity contribution in [3.63, 3.8) is 0 Å². The molecule has 0 heterocycles. The Hall–Kier alpha value is -0.780. The summed E-state index contributed by atoms with van der Waals surface area (Å²) >= 11 is 0. The van der Waals surface area contributed by atoms with Crippen LogP contribution in [0.15, 0.2) is 36.0 Å². The molecule has 0 aromatic heterocycles. The Bertz CT molecular complexity index is 266. The maximum atomic E-state index is 4.00. The van der Waals surface area contributed by atoms with Crippen LogP contribution in [-0.4, -0.2) is 0 Å². The summed E-state index contributed by atoms with van der Waals surface area (Å²) in [6.07, 6.45) is 8.10. The molecule has 0 nitrogen and oxygen atoms in total. The Morgan fingerprint density at radius 2 is 2.07 bits per heavy atom. The zero-order chi connectivity index (χ0) is 10.7. The third kappa shape index (κ3) is 2.60. The largest absolute Gasteiger partial charge is 0.0995 e. The van der Waals surface area contributed by atoms with Crippen LogP contribution in [0, 0.1) is 17.8 Å². The second-order valence-corrected chi connectivity index (χ2v) is 4.78. The SMILES string of the molecule is C=C(C)C1C=CC(C(C)C(C)C)=CC1. The third-order valence-electron chi connectivity index (χ3n) is 3.29. The smallest absolute Gasteiger partial charge is 0.000921 e. The first kappa shape index (κ1) is 11.3. The molecule has 0 aromatic carbocycles. The highest BCUT2D eigenvalue weighted by Crippen LogP contribution is 2.28. The van der Waals surface area contributed by atoms with Crippen LogP contribution in [0.2, 0.25) is 0 Å².